The smallest absolute Gasteiger partial charge is 0.225 e. The van der Waals surface area contributed by atoms with Crippen molar-refractivity contribution < 1.29 is 4.79 Å². The molecule has 0 spiro atoms. The van der Waals surface area contributed by atoms with Gasteiger partial charge in [-0.2, -0.15) is 0 Å². The Morgan fingerprint density at radius 2 is 2.04 bits per heavy atom. The number of nitrogens with zero attached hydrogens (tertiary/aromatic N) is 4. The molecule has 2 aliphatic rings. The number of carbonyl (C=O) groups is 1. The van der Waals surface area contributed by atoms with Crippen LogP contribution in [0.4, 0.5) is 0 Å². The molecule has 1 saturated heterocycles. The molecule has 3 rings (SSSR count). The first-order chi connectivity index (χ1) is 11.8. The van der Waals surface area contributed by atoms with E-state index in [0.717, 1.165) is 51.0 Å². The van der Waals surface area contributed by atoms with Crippen molar-refractivity contribution in [1.29, 1.82) is 0 Å². The highest BCUT2D eigenvalue weighted by molar-refractivity contribution is 5.79. The first kappa shape index (κ1) is 17.4. The highest BCUT2D eigenvalue weighted by atomic mass is 16.2. The molecule has 0 bridgehead atoms. The number of aryl methyl sites for hydroxylation is 1. The van der Waals surface area contributed by atoms with Crippen LogP contribution in [0.2, 0.25) is 0 Å². The summed E-state index contributed by atoms with van der Waals surface area (Å²) in [5.41, 5.74) is 1.10. The third-order valence-electron chi connectivity index (χ3n) is 5.60. The van der Waals surface area contributed by atoms with Crippen LogP contribution < -0.4 is 0 Å². The van der Waals surface area contributed by atoms with Crippen LogP contribution in [-0.2, 0) is 17.8 Å². The van der Waals surface area contributed by atoms with Gasteiger partial charge in [0.05, 0.1) is 5.69 Å². The van der Waals surface area contributed by atoms with E-state index in [9.17, 15) is 4.79 Å². The summed E-state index contributed by atoms with van der Waals surface area (Å²) in [6.07, 6.45) is 13.8. The van der Waals surface area contributed by atoms with Gasteiger partial charge in [0.2, 0.25) is 5.91 Å². The zero-order valence-electron chi connectivity index (χ0n) is 15.1. The fraction of sp³-hybridized carbons (Fsp3) is 0.842. The van der Waals surface area contributed by atoms with Crippen molar-refractivity contribution in [1.82, 2.24) is 19.9 Å². The van der Waals surface area contributed by atoms with E-state index >= 15 is 0 Å². The van der Waals surface area contributed by atoms with Crippen molar-refractivity contribution in [3.63, 3.8) is 0 Å². The Balaban J connectivity index is 1.51. The summed E-state index contributed by atoms with van der Waals surface area (Å²) in [5.74, 6) is 1.23. The summed E-state index contributed by atoms with van der Waals surface area (Å²) in [6.45, 7) is 4.95. The van der Waals surface area contributed by atoms with Gasteiger partial charge in [-0.1, -0.05) is 37.8 Å². The Morgan fingerprint density at radius 1 is 1.21 bits per heavy atom. The third-order valence-corrected chi connectivity index (χ3v) is 5.60. The van der Waals surface area contributed by atoms with Gasteiger partial charge in [0.25, 0.3) is 0 Å². The van der Waals surface area contributed by atoms with E-state index in [1.807, 2.05) is 4.68 Å². The molecule has 1 atom stereocenters. The van der Waals surface area contributed by atoms with Crippen molar-refractivity contribution in [2.45, 2.75) is 77.7 Å². The van der Waals surface area contributed by atoms with Crippen LogP contribution in [0.5, 0.6) is 0 Å². The first-order valence-corrected chi connectivity index (χ1v) is 9.94. The van der Waals surface area contributed by atoms with Crippen LogP contribution in [0.1, 0.15) is 70.4 Å². The minimum Gasteiger partial charge on any atom is -0.342 e. The van der Waals surface area contributed by atoms with E-state index in [2.05, 4.69) is 28.3 Å². The highest BCUT2D eigenvalue weighted by Crippen LogP contribution is 2.27. The van der Waals surface area contributed by atoms with Crippen molar-refractivity contribution in [3.8, 4) is 0 Å². The summed E-state index contributed by atoms with van der Waals surface area (Å²) in [5, 5.41) is 8.57. The summed E-state index contributed by atoms with van der Waals surface area (Å²) in [7, 11) is 0. The van der Waals surface area contributed by atoms with Gasteiger partial charge in [-0.3, -0.25) is 9.48 Å². The lowest BCUT2D eigenvalue weighted by molar-refractivity contribution is -0.138. The lowest BCUT2D eigenvalue weighted by Crippen LogP contribution is -2.44. The minimum absolute atomic E-state index is 0.296. The number of carbonyl (C=O) groups excluding carboxylic acids is 1. The van der Waals surface area contributed by atoms with E-state index in [1.54, 1.807) is 0 Å². The maximum absolute atomic E-state index is 12.8. The summed E-state index contributed by atoms with van der Waals surface area (Å²) in [4.78, 5) is 14.9. The Hall–Kier alpha value is -1.39. The molecule has 5 heteroatoms. The predicted octanol–water partition coefficient (Wildman–Crippen LogP) is 3.44. The molecule has 1 amide bonds. The largest absolute Gasteiger partial charge is 0.342 e. The van der Waals surface area contributed by atoms with Gasteiger partial charge in [0.1, 0.15) is 0 Å². The van der Waals surface area contributed by atoms with E-state index in [0.29, 0.717) is 17.7 Å². The average Bonchev–Trinajstić information content (AvgIpc) is 3.07. The monoisotopic (exact) mass is 332 g/mol. The molecule has 1 saturated carbocycles. The van der Waals surface area contributed by atoms with Crippen LogP contribution in [0.3, 0.4) is 0 Å². The Morgan fingerprint density at radius 3 is 2.83 bits per heavy atom. The van der Waals surface area contributed by atoms with Gasteiger partial charge in [-0.05, 0) is 44.4 Å². The molecule has 1 aromatic heterocycles. The number of aromatic nitrogens is 3. The number of amides is 1. The van der Waals surface area contributed by atoms with Crippen molar-refractivity contribution in [2.75, 3.05) is 13.1 Å². The fourth-order valence-electron chi connectivity index (χ4n) is 4.19. The molecule has 0 radical (unpaired) electrons. The molecule has 0 aromatic carbocycles. The normalized spacial score (nSPS) is 22.7. The molecule has 2 fully saturated rings. The van der Waals surface area contributed by atoms with Crippen LogP contribution in [0.25, 0.3) is 0 Å². The zero-order valence-corrected chi connectivity index (χ0v) is 15.1. The Kier molecular flexibility index (Phi) is 6.27. The predicted molar refractivity (Wildman–Crippen MR) is 94.5 cm³/mol. The first-order valence-electron chi connectivity index (χ1n) is 9.94. The highest BCUT2D eigenvalue weighted by Gasteiger charge is 2.29. The van der Waals surface area contributed by atoms with E-state index in [-0.39, 0.29) is 0 Å². The number of piperidine rings is 1. The lowest BCUT2D eigenvalue weighted by Gasteiger charge is -2.35. The molecular weight excluding hydrogens is 300 g/mol. The average molecular weight is 332 g/mol. The van der Waals surface area contributed by atoms with Crippen LogP contribution in [0, 0.1) is 11.8 Å². The molecule has 0 N–H and O–H groups in total. The van der Waals surface area contributed by atoms with Crippen molar-refractivity contribution in [2.24, 2.45) is 11.8 Å². The molecule has 1 aromatic rings. The van der Waals surface area contributed by atoms with Crippen LogP contribution >= 0.6 is 0 Å². The maximum atomic E-state index is 12.8. The molecule has 24 heavy (non-hydrogen) atoms. The van der Waals surface area contributed by atoms with Crippen LogP contribution in [-0.4, -0.2) is 38.9 Å². The molecule has 1 aliphatic carbocycles. The number of rotatable bonds is 6. The minimum atomic E-state index is 0.296. The molecule has 134 valence electrons. The van der Waals surface area contributed by atoms with Gasteiger partial charge in [0.15, 0.2) is 0 Å². The lowest BCUT2D eigenvalue weighted by atomic mass is 9.87. The molecule has 5 nitrogen and oxygen atoms in total. The number of likely N-dealkylation sites (tertiary alicyclic amines) is 1. The summed E-state index contributed by atoms with van der Waals surface area (Å²) < 4.78 is 1.99. The second-order valence-corrected chi connectivity index (χ2v) is 7.66. The van der Waals surface area contributed by atoms with E-state index in [4.69, 9.17) is 0 Å². The molecule has 0 unspecified atom stereocenters. The zero-order chi connectivity index (χ0) is 16.8. The molecule has 1 aliphatic heterocycles. The fourth-order valence-corrected chi connectivity index (χ4v) is 4.19. The maximum Gasteiger partial charge on any atom is 0.225 e. The third kappa shape index (κ3) is 4.58. The second-order valence-electron chi connectivity index (χ2n) is 7.66. The number of hydrogen-bond donors (Lipinski definition) is 0. The topological polar surface area (TPSA) is 51.0 Å². The van der Waals surface area contributed by atoms with E-state index < -0.39 is 0 Å². The van der Waals surface area contributed by atoms with Crippen molar-refractivity contribution in [3.05, 3.63) is 11.9 Å². The van der Waals surface area contributed by atoms with Gasteiger partial charge < -0.3 is 4.90 Å². The standard InChI is InChI=1S/C19H32N4O/c1-2-3-11-18-15-23(21-20-18)14-16-8-7-12-22(13-16)19(24)17-9-5-4-6-10-17/h15-17H,2-14H2,1H3/t16-/m1/s1. The van der Waals surface area contributed by atoms with Gasteiger partial charge in [-0.25, -0.2) is 0 Å². The van der Waals surface area contributed by atoms with Gasteiger partial charge in [0, 0.05) is 31.7 Å². The summed E-state index contributed by atoms with van der Waals surface area (Å²) >= 11 is 0. The molecule has 2 heterocycles. The SMILES string of the molecule is CCCCc1cn(C[C@@H]2CCCN(C(=O)C3CCCCC3)C2)nn1. The Bertz CT molecular complexity index is 521. The van der Waals surface area contributed by atoms with Gasteiger partial charge >= 0.3 is 0 Å². The Labute approximate surface area is 145 Å². The van der Waals surface area contributed by atoms with E-state index in [1.165, 1.54) is 38.5 Å². The summed E-state index contributed by atoms with van der Waals surface area (Å²) in [6, 6.07) is 0. The quantitative estimate of drug-likeness (QED) is 0.802. The number of hydrogen-bond acceptors (Lipinski definition) is 3. The molecular formula is C19H32N4O. The van der Waals surface area contributed by atoms with Crippen molar-refractivity contribution >= 4 is 5.91 Å². The number of unbranched alkanes of at least 4 members (excludes halogenated alkanes) is 1. The second kappa shape index (κ2) is 8.63. The van der Waals surface area contributed by atoms with Gasteiger partial charge in [-0.15, -0.1) is 5.10 Å². The van der Waals surface area contributed by atoms with Crippen LogP contribution in [0.15, 0.2) is 6.20 Å².